The molecular formula is C61H117NO5. The lowest BCUT2D eigenvalue weighted by Crippen LogP contribution is -2.46. The van der Waals surface area contributed by atoms with E-state index in [1.807, 2.05) is 0 Å². The first-order valence-electron chi connectivity index (χ1n) is 30.1. The Morgan fingerprint density at radius 1 is 0.433 bits per heavy atom. The Balaban J connectivity index is 4.53. The predicted molar refractivity (Wildman–Crippen MR) is 292 cm³/mol. The fourth-order valence-corrected chi connectivity index (χ4v) is 9.46. The van der Waals surface area contributed by atoms with Gasteiger partial charge in [0, 0.05) is 6.42 Å². The van der Waals surface area contributed by atoms with Gasteiger partial charge in [-0.15, -0.1) is 0 Å². The summed E-state index contributed by atoms with van der Waals surface area (Å²) in [5.41, 5.74) is 0. The van der Waals surface area contributed by atoms with E-state index in [0.29, 0.717) is 19.3 Å². The van der Waals surface area contributed by atoms with Crippen molar-refractivity contribution in [2.75, 3.05) is 6.61 Å². The van der Waals surface area contributed by atoms with Gasteiger partial charge in [0.25, 0.3) is 0 Å². The van der Waals surface area contributed by atoms with Gasteiger partial charge < -0.3 is 20.3 Å². The molecule has 0 aromatic rings. The van der Waals surface area contributed by atoms with Gasteiger partial charge in [-0.2, -0.15) is 0 Å². The molecule has 396 valence electrons. The largest absolute Gasteiger partial charge is 0.462 e. The second-order valence-electron chi connectivity index (χ2n) is 20.8. The van der Waals surface area contributed by atoms with Gasteiger partial charge in [0.1, 0.15) is 6.10 Å². The molecular weight excluding hydrogens is 827 g/mol. The van der Waals surface area contributed by atoms with Crippen molar-refractivity contribution in [3.63, 3.8) is 0 Å². The lowest BCUT2D eigenvalue weighted by atomic mass is 10.0. The summed E-state index contributed by atoms with van der Waals surface area (Å²) >= 11 is 0. The second kappa shape index (κ2) is 55.3. The van der Waals surface area contributed by atoms with E-state index in [4.69, 9.17) is 4.74 Å². The second-order valence-corrected chi connectivity index (χ2v) is 20.8. The number of aliphatic hydroxyl groups excluding tert-OH is 2. The minimum absolute atomic E-state index is 0.0784. The molecule has 0 aromatic heterocycles. The SMILES string of the molecule is CCCCC/C=C\C/C=C\CCCCCCCCCC(CC(=O)NC(CO)C(O)CCCCCCCCCCCCCCCC)OC(=O)CCCCCCCCCCCCCCCCCCC. The van der Waals surface area contributed by atoms with Crippen molar-refractivity contribution in [3.05, 3.63) is 24.3 Å². The first-order valence-corrected chi connectivity index (χ1v) is 30.1. The van der Waals surface area contributed by atoms with E-state index in [9.17, 15) is 19.8 Å². The van der Waals surface area contributed by atoms with Crippen LogP contribution in [0.25, 0.3) is 0 Å². The smallest absolute Gasteiger partial charge is 0.306 e. The van der Waals surface area contributed by atoms with Gasteiger partial charge in [-0.3, -0.25) is 9.59 Å². The predicted octanol–water partition coefficient (Wildman–Crippen LogP) is 18.6. The van der Waals surface area contributed by atoms with Gasteiger partial charge in [0.05, 0.1) is 25.2 Å². The zero-order valence-electron chi connectivity index (χ0n) is 45.3. The fraction of sp³-hybridized carbons (Fsp3) is 0.902. The number of esters is 1. The lowest BCUT2D eigenvalue weighted by molar-refractivity contribution is -0.151. The molecule has 3 N–H and O–H groups in total. The van der Waals surface area contributed by atoms with Gasteiger partial charge in [-0.05, 0) is 57.8 Å². The van der Waals surface area contributed by atoms with E-state index in [2.05, 4.69) is 50.4 Å². The Kier molecular flexibility index (Phi) is 53.9. The minimum Gasteiger partial charge on any atom is -0.462 e. The number of amides is 1. The van der Waals surface area contributed by atoms with Crippen molar-refractivity contribution in [2.45, 2.75) is 347 Å². The highest BCUT2D eigenvalue weighted by atomic mass is 16.5. The third-order valence-electron chi connectivity index (χ3n) is 14.0. The molecule has 67 heavy (non-hydrogen) atoms. The van der Waals surface area contributed by atoms with Crippen LogP contribution in [0, 0.1) is 0 Å². The first-order chi connectivity index (χ1) is 33.0. The third kappa shape index (κ3) is 50.5. The van der Waals surface area contributed by atoms with Crippen molar-refractivity contribution in [1.29, 1.82) is 0 Å². The molecule has 0 bridgehead atoms. The van der Waals surface area contributed by atoms with Crippen LogP contribution in [0.2, 0.25) is 0 Å². The van der Waals surface area contributed by atoms with Crippen LogP contribution in [0.4, 0.5) is 0 Å². The standard InChI is InChI=1S/C61H117NO5/c1-4-7-10-13-16-19-22-25-28-30-32-34-37-40-43-46-49-52-57(67-61(66)54-51-48-45-42-39-36-33-31-29-26-23-20-17-14-11-8-5-2)55-60(65)62-58(56-63)59(64)53-50-47-44-41-38-35-27-24-21-18-15-12-9-6-3/h16,19,25,28,57-59,63-64H,4-15,17-18,20-24,26-27,29-56H2,1-3H3,(H,62,65)/b19-16-,28-25-. The number of nitrogens with one attached hydrogen (secondary N) is 1. The molecule has 0 saturated heterocycles. The molecule has 0 radical (unpaired) electrons. The molecule has 0 saturated carbocycles. The third-order valence-corrected chi connectivity index (χ3v) is 14.0. The zero-order valence-corrected chi connectivity index (χ0v) is 45.3. The van der Waals surface area contributed by atoms with Gasteiger partial charge in [0.2, 0.25) is 5.91 Å². The number of unbranched alkanes of at least 4 members (excludes halogenated alkanes) is 39. The van der Waals surface area contributed by atoms with Crippen molar-refractivity contribution in [3.8, 4) is 0 Å². The Morgan fingerprint density at radius 3 is 1.16 bits per heavy atom. The molecule has 0 aliphatic heterocycles. The Morgan fingerprint density at radius 2 is 0.761 bits per heavy atom. The number of hydrogen-bond acceptors (Lipinski definition) is 5. The monoisotopic (exact) mass is 944 g/mol. The quantitative estimate of drug-likeness (QED) is 0.0321. The molecule has 0 aliphatic rings. The number of aliphatic hydroxyl groups is 2. The summed E-state index contributed by atoms with van der Waals surface area (Å²) in [6.45, 7) is 6.50. The number of allylic oxidation sites excluding steroid dienone is 4. The van der Waals surface area contributed by atoms with E-state index in [1.165, 1.54) is 218 Å². The number of ether oxygens (including phenoxy) is 1. The van der Waals surface area contributed by atoms with Crippen LogP contribution in [0.15, 0.2) is 24.3 Å². The summed E-state index contributed by atoms with van der Waals surface area (Å²) in [5.74, 6) is -0.459. The fourth-order valence-electron chi connectivity index (χ4n) is 9.46. The van der Waals surface area contributed by atoms with Crippen LogP contribution in [0.1, 0.15) is 329 Å². The highest BCUT2D eigenvalue weighted by molar-refractivity contribution is 5.77. The highest BCUT2D eigenvalue weighted by Gasteiger charge is 2.24. The first kappa shape index (κ1) is 65.3. The number of rotatable bonds is 55. The summed E-state index contributed by atoms with van der Waals surface area (Å²) in [6, 6.07) is -0.701. The maximum atomic E-state index is 13.3. The Hall–Kier alpha value is -1.66. The number of carbonyl (C=O) groups is 2. The van der Waals surface area contributed by atoms with Crippen LogP contribution in [0.3, 0.4) is 0 Å². The molecule has 0 fully saturated rings. The van der Waals surface area contributed by atoms with E-state index >= 15 is 0 Å². The average molecular weight is 945 g/mol. The molecule has 3 unspecified atom stereocenters. The van der Waals surface area contributed by atoms with E-state index in [0.717, 1.165) is 64.2 Å². The van der Waals surface area contributed by atoms with Crippen molar-refractivity contribution in [1.82, 2.24) is 5.32 Å². The lowest BCUT2D eigenvalue weighted by Gasteiger charge is -2.24. The topological polar surface area (TPSA) is 95.9 Å². The zero-order chi connectivity index (χ0) is 48.8. The summed E-state index contributed by atoms with van der Waals surface area (Å²) < 4.78 is 5.98. The molecule has 6 heteroatoms. The summed E-state index contributed by atoms with van der Waals surface area (Å²) in [4.78, 5) is 26.3. The van der Waals surface area contributed by atoms with Crippen LogP contribution in [-0.2, 0) is 14.3 Å². The van der Waals surface area contributed by atoms with Crippen LogP contribution < -0.4 is 5.32 Å². The molecule has 0 aromatic carbocycles. The Bertz CT molecular complexity index is 1060. The van der Waals surface area contributed by atoms with E-state index < -0.39 is 18.2 Å². The average Bonchev–Trinajstić information content (AvgIpc) is 3.32. The molecule has 3 atom stereocenters. The molecule has 0 spiro atoms. The number of carbonyl (C=O) groups excluding carboxylic acids is 2. The van der Waals surface area contributed by atoms with Crippen molar-refractivity contribution < 1.29 is 24.5 Å². The van der Waals surface area contributed by atoms with Crippen LogP contribution in [-0.4, -0.2) is 46.9 Å². The Labute approximate surface area is 418 Å². The molecule has 0 rings (SSSR count). The van der Waals surface area contributed by atoms with Gasteiger partial charge in [-0.1, -0.05) is 283 Å². The van der Waals surface area contributed by atoms with Gasteiger partial charge in [0.15, 0.2) is 0 Å². The van der Waals surface area contributed by atoms with E-state index in [1.54, 1.807) is 0 Å². The normalized spacial score (nSPS) is 13.2. The summed E-state index contributed by atoms with van der Waals surface area (Å²) in [5, 5.41) is 23.9. The van der Waals surface area contributed by atoms with E-state index in [-0.39, 0.29) is 24.9 Å². The summed E-state index contributed by atoms with van der Waals surface area (Å²) in [6.07, 6.45) is 65.3. The van der Waals surface area contributed by atoms with Gasteiger partial charge >= 0.3 is 5.97 Å². The van der Waals surface area contributed by atoms with Crippen LogP contribution >= 0.6 is 0 Å². The van der Waals surface area contributed by atoms with Gasteiger partial charge in [-0.25, -0.2) is 0 Å². The molecule has 6 nitrogen and oxygen atoms in total. The minimum atomic E-state index is -0.787. The van der Waals surface area contributed by atoms with Crippen molar-refractivity contribution >= 4 is 11.9 Å². The summed E-state index contributed by atoms with van der Waals surface area (Å²) in [7, 11) is 0. The molecule has 1 amide bonds. The van der Waals surface area contributed by atoms with Crippen LogP contribution in [0.5, 0.6) is 0 Å². The highest BCUT2D eigenvalue weighted by Crippen LogP contribution is 2.19. The molecule has 0 heterocycles. The maximum Gasteiger partial charge on any atom is 0.306 e. The number of hydrogen-bond donors (Lipinski definition) is 3. The maximum absolute atomic E-state index is 13.3. The van der Waals surface area contributed by atoms with Crippen molar-refractivity contribution in [2.24, 2.45) is 0 Å². The molecule has 0 aliphatic carbocycles.